The van der Waals surface area contributed by atoms with Crippen molar-refractivity contribution in [3.05, 3.63) is 58.5 Å². The molecular weight excluding hydrogens is 292 g/mol. The van der Waals surface area contributed by atoms with Crippen LogP contribution in [-0.2, 0) is 6.54 Å². The van der Waals surface area contributed by atoms with E-state index in [1.165, 1.54) is 17.3 Å². The molecule has 1 N–H and O–H groups in total. The molecule has 4 rings (SSSR count). The van der Waals surface area contributed by atoms with Gasteiger partial charge in [-0.1, -0.05) is 12.5 Å². The van der Waals surface area contributed by atoms with Crippen LogP contribution >= 0.6 is 0 Å². The van der Waals surface area contributed by atoms with E-state index in [-0.39, 0.29) is 11.6 Å². The predicted molar refractivity (Wildman–Crippen MR) is 84.8 cm³/mol. The molecule has 3 aromatic rings. The maximum Gasteiger partial charge on any atom is 0.274 e. The summed E-state index contributed by atoms with van der Waals surface area (Å²) in [6.07, 6.45) is 6.76. The van der Waals surface area contributed by atoms with Crippen molar-refractivity contribution in [1.82, 2.24) is 29.5 Å². The maximum atomic E-state index is 12.1. The molecule has 0 aliphatic carbocycles. The van der Waals surface area contributed by atoms with Crippen molar-refractivity contribution in [3.8, 4) is 0 Å². The number of rotatable bonds is 3. The molecule has 1 fully saturated rings. The third-order valence-electron chi connectivity index (χ3n) is 4.33. The first-order chi connectivity index (χ1) is 11.3. The molecule has 0 aromatic carbocycles. The zero-order chi connectivity index (χ0) is 15.6. The lowest BCUT2D eigenvalue weighted by Crippen LogP contribution is -2.34. The van der Waals surface area contributed by atoms with Crippen LogP contribution in [0.2, 0.25) is 0 Å². The van der Waals surface area contributed by atoms with Crippen LogP contribution in [0.15, 0.2) is 41.6 Å². The Morgan fingerprint density at radius 1 is 1.26 bits per heavy atom. The van der Waals surface area contributed by atoms with Crippen molar-refractivity contribution >= 4 is 5.78 Å². The molecule has 23 heavy (non-hydrogen) atoms. The molecule has 118 valence electrons. The topological polar surface area (TPSA) is 79.2 Å². The molecular formula is C16H18N6O. The summed E-state index contributed by atoms with van der Waals surface area (Å²) in [5.74, 6) is 0.416. The number of hydrogen-bond acceptors (Lipinski definition) is 5. The molecule has 3 aromatic heterocycles. The highest BCUT2D eigenvalue weighted by atomic mass is 16.1. The highest BCUT2D eigenvalue weighted by Crippen LogP contribution is 2.30. The Bertz CT molecular complexity index is 856. The lowest BCUT2D eigenvalue weighted by molar-refractivity contribution is 0.135. The fraction of sp³-hybridized carbons (Fsp3) is 0.375. The largest absolute Gasteiger partial charge is 0.289 e. The van der Waals surface area contributed by atoms with Crippen molar-refractivity contribution in [2.45, 2.75) is 31.8 Å². The van der Waals surface area contributed by atoms with Crippen LogP contribution in [0.1, 0.15) is 36.7 Å². The first kappa shape index (κ1) is 14.1. The minimum absolute atomic E-state index is 0.131. The second-order valence-corrected chi connectivity index (χ2v) is 5.85. The van der Waals surface area contributed by atoms with E-state index in [1.807, 2.05) is 18.3 Å². The molecule has 7 heteroatoms. The summed E-state index contributed by atoms with van der Waals surface area (Å²) in [6.45, 7) is 1.63. The zero-order valence-corrected chi connectivity index (χ0v) is 12.7. The van der Waals surface area contributed by atoms with Gasteiger partial charge in [-0.05, 0) is 31.5 Å². The number of H-pyrrole nitrogens is 1. The molecule has 4 heterocycles. The lowest BCUT2D eigenvalue weighted by Gasteiger charge is -2.35. The first-order valence-electron chi connectivity index (χ1n) is 7.88. The minimum atomic E-state index is -0.131. The van der Waals surface area contributed by atoms with Crippen LogP contribution in [0.5, 0.6) is 0 Å². The Morgan fingerprint density at radius 2 is 2.22 bits per heavy atom. The van der Waals surface area contributed by atoms with Crippen molar-refractivity contribution in [1.29, 1.82) is 0 Å². The third-order valence-corrected chi connectivity index (χ3v) is 4.33. The van der Waals surface area contributed by atoms with Gasteiger partial charge >= 0.3 is 0 Å². The van der Waals surface area contributed by atoms with E-state index in [2.05, 4.69) is 31.0 Å². The Kier molecular flexibility index (Phi) is 3.63. The number of aromatic amines is 1. The van der Waals surface area contributed by atoms with Gasteiger partial charge in [-0.3, -0.25) is 19.8 Å². The summed E-state index contributed by atoms with van der Waals surface area (Å²) in [7, 11) is 0. The van der Waals surface area contributed by atoms with Gasteiger partial charge in [0.2, 0.25) is 0 Å². The third kappa shape index (κ3) is 2.75. The molecule has 1 atom stereocenters. The number of nitrogens with zero attached hydrogens (tertiary/aromatic N) is 5. The Morgan fingerprint density at radius 3 is 3.09 bits per heavy atom. The van der Waals surface area contributed by atoms with Crippen LogP contribution in [0.4, 0.5) is 0 Å². The Labute approximate surface area is 133 Å². The minimum Gasteiger partial charge on any atom is -0.289 e. The van der Waals surface area contributed by atoms with Gasteiger partial charge in [0, 0.05) is 18.8 Å². The van der Waals surface area contributed by atoms with Gasteiger partial charge in [-0.2, -0.15) is 4.52 Å². The molecule has 1 unspecified atom stereocenters. The van der Waals surface area contributed by atoms with E-state index in [0.717, 1.165) is 30.8 Å². The molecule has 0 amide bonds. The quantitative estimate of drug-likeness (QED) is 0.794. The number of aromatic nitrogens is 5. The number of likely N-dealkylation sites (tertiary alicyclic amines) is 1. The van der Waals surface area contributed by atoms with Crippen molar-refractivity contribution < 1.29 is 0 Å². The summed E-state index contributed by atoms with van der Waals surface area (Å²) in [5, 5.41) is 2.76. The molecule has 0 bridgehead atoms. The summed E-state index contributed by atoms with van der Waals surface area (Å²) in [4.78, 5) is 27.5. The Hall–Kier alpha value is -2.54. The van der Waals surface area contributed by atoms with Crippen LogP contribution < -0.4 is 5.56 Å². The fourth-order valence-corrected chi connectivity index (χ4v) is 3.25. The average molecular weight is 310 g/mol. The highest BCUT2D eigenvalue weighted by molar-refractivity contribution is 5.26. The number of pyridine rings is 1. The monoisotopic (exact) mass is 310 g/mol. The van der Waals surface area contributed by atoms with Gasteiger partial charge in [-0.25, -0.2) is 9.97 Å². The molecule has 1 saturated heterocycles. The fourth-order valence-electron chi connectivity index (χ4n) is 3.25. The van der Waals surface area contributed by atoms with Crippen LogP contribution in [0.3, 0.4) is 0 Å². The molecule has 0 radical (unpaired) electrons. The summed E-state index contributed by atoms with van der Waals surface area (Å²) >= 11 is 0. The normalized spacial score (nSPS) is 19.2. The average Bonchev–Trinajstić information content (AvgIpc) is 3.05. The van der Waals surface area contributed by atoms with Gasteiger partial charge in [-0.15, -0.1) is 0 Å². The van der Waals surface area contributed by atoms with Crippen molar-refractivity contribution in [3.63, 3.8) is 0 Å². The predicted octanol–water partition coefficient (Wildman–Crippen LogP) is 1.54. The molecule has 1 aliphatic heterocycles. The van der Waals surface area contributed by atoms with Gasteiger partial charge in [0.25, 0.3) is 11.3 Å². The van der Waals surface area contributed by atoms with Crippen LogP contribution in [-0.4, -0.2) is 36.0 Å². The smallest absolute Gasteiger partial charge is 0.274 e. The number of piperidine rings is 1. The summed E-state index contributed by atoms with van der Waals surface area (Å²) in [5.41, 5.74) is 1.71. The summed E-state index contributed by atoms with van der Waals surface area (Å²) < 4.78 is 1.34. The van der Waals surface area contributed by atoms with E-state index < -0.39 is 0 Å². The van der Waals surface area contributed by atoms with E-state index in [9.17, 15) is 4.79 Å². The van der Waals surface area contributed by atoms with E-state index in [1.54, 1.807) is 6.07 Å². The van der Waals surface area contributed by atoms with E-state index >= 15 is 0 Å². The van der Waals surface area contributed by atoms with Gasteiger partial charge < -0.3 is 0 Å². The highest BCUT2D eigenvalue weighted by Gasteiger charge is 2.25. The number of fused-ring (bicyclic) bond motifs is 1. The van der Waals surface area contributed by atoms with Gasteiger partial charge in [0.05, 0.1) is 17.4 Å². The van der Waals surface area contributed by atoms with Gasteiger partial charge in [0.15, 0.2) is 0 Å². The van der Waals surface area contributed by atoms with Crippen LogP contribution in [0, 0.1) is 0 Å². The SMILES string of the molecule is O=c1cc(CN2CCCCC2c2ccccn2)nc2nc[nH]n12. The second-order valence-electron chi connectivity index (χ2n) is 5.85. The number of hydrogen-bond donors (Lipinski definition) is 1. The zero-order valence-electron chi connectivity index (χ0n) is 12.7. The second kappa shape index (κ2) is 5.92. The van der Waals surface area contributed by atoms with Crippen LogP contribution in [0.25, 0.3) is 5.78 Å². The molecule has 1 aliphatic rings. The maximum absolute atomic E-state index is 12.1. The van der Waals surface area contributed by atoms with E-state index in [4.69, 9.17) is 0 Å². The first-order valence-corrected chi connectivity index (χ1v) is 7.88. The number of nitrogens with one attached hydrogen (secondary N) is 1. The van der Waals surface area contributed by atoms with Crippen molar-refractivity contribution in [2.75, 3.05) is 6.54 Å². The Balaban J connectivity index is 1.63. The standard InChI is InChI=1S/C16H18N6O/c23-15-9-12(20-16-18-11-19-22(15)16)10-21-8-4-2-6-14(21)13-5-1-3-7-17-13/h1,3,5,7,9,11,14H,2,4,6,8,10H2,(H,18,19,20). The molecule has 0 spiro atoms. The lowest BCUT2D eigenvalue weighted by atomic mass is 9.98. The summed E-state index contributed by atoms with van der Waals surface area (Å²) in [6, 6.07) is 7.89. The molecule has 0 saturated carbocycles. The molecule has 7 nitrogen and oxygen atoms in total. The van der Waals surface area contributed by atoms with E-state index in [0.29, 0.717) is 12.3 Å². The van der Waals surface area contributed by atoms with Crippen molar-refractivity contribution in [2.24, 2.45) is 0 Å². The van der Waals surface area contributed by atoms with Gasteiger partial charge in [0.1, 0.15) is 6.33 Å².